The first-order valence-corrected chi connectivity index (χ1v) is 5.68. The average molecular weight is 238 g/mol. The number of allylic oxidation sites excluding steroid dienone is 1. The molecule has 16 heavy (non-hydrogen) atoms. The number of hydrogen-bond donors (Lipinski definition) is 0. The van der Waals surface area contributed by atoms with Crippen molar-refractivity contribution in [2.75, 3.05) is 0 Å². The molecule has 3 heteroatoms. The molecular formula is C13H16ClNO. The molecule has 0 amide bonds. The summed E-state index contributed by atoms with van der Waals surface area (Å²) in [5, 5.41) is 4.72. The molecule has 1 aromatic rings. The van der Waals surface area contributed by atoms with E-state index >= 15 is 0 Å². The van der Waals surface area contributed by atoms with Crippen LogP contribution in [0.4, 0.5) is 0 Å². The van der Waals surface area contributed by atoms with Crippen LogP contribution in [-0.2, 0) is 4.84 Å². The van der Waals surface area contributed by atoms with E-state index in [2.05, 4.69) is 5.16 Å². The van der Waals surface area contributed by atoms with Crippen molar-refractivity contribution < 1.29 is 4.84 Å². The van der Waals surface area contributed by atoms with Crippen molar-refractivity contribution in [3.63, 3.8) is 0 Å². The third-order valence-electron chi connectivity index (χ3n) is 2.18. The lowest BCUT2D eigenvalue weighted by Gasteiger charge is -2.05. The Morgan fingerprint density at radius 2 is 2.25 bits per heavy atom. The second-order valence-corrected chi connectivity index (χ2v) is 3.87. The molecule has 0 unspecified atom stereocenters. The van der Waals surface area contributed by atoms with Crippen LogP contribution < -0.4 is 0 Å². The van der Waals surface area contributed by atoms with Crippen LogP contribution in [0.25, 0.3) is 5.76 Å². The second kappa shape index (κ2) is 6.33. The molecule has 0 aliphatic rings. The summed E-state index contributed by atoms with van der Waals surface area (Å²) >= 11 is 5.92. The number of halogens is 1. The van der Waals surface area contributed by atoms with Gasteiger partial charge in [0.25, 0.3) is 0 Å². The van der Waals surface area contributed by atoms with Crippen molar-refractivity contribution in [2.24, 2.45) is 5.16 Å². The minimum atomic E-state index is 0.691. The second-order valence-electron chi connectivity index (χ2n) is 3.43. The van der Waals surface area contributed by atoms with Crippen molar-refractivity contribution >= 4 is 23.1 Å². The van der Waals surface area contributed by atoms with Gasteiger partial charge < -0.3 is 4.84 Å². The van der Waals surface area contributed by atoms with Gasteiger partial charge in [-0.2, -0.15) is 0 Å². The zero-order chi connectivity index (χ0) is 12.0. The lowest BCUT2D eigenvalue weighted by Crippen LogP contribution is -1.92. The fourth-order valence-corrected chi connectivity index (χ4v) is 1.30. The Bertz CT molecular complexity index is 410. The maximum atomic E-state index is 5.92. The zero-order valence-electron chi connectivity index (χ0n) is 9.83. The normalized spacial score (nSPS) is 12.8. The van der Waals surface area contributed by atoms with Crippen molar-refractivity contribution in [3.8, 4) is 0 Å². The third kappa shape index (κ3) is 3.70. The molecule has 0 heterocycles. The number of benzene rings is 1. The monoisotopic (exact) mass is 237 g/mol. The van der Waals surface area contributed by atoms with Gasteiger partial charge in [0, 0.05) is 10.6 Å². The van der Waals surface area contributed by atoms with Crippen LogP contribution in [-0.4, -0.2) is 5.71 Å². The van der Waals surface area contributed by atoms with Gasteiger partial charge in [0.2, 0.25) is 0 Å². The van der Waals surface area contributed by atoms with E-state index in [0.717, 1.165) is 23.5 Å². The molecule has 0 aromatic heterocycles. The van der Waals surface area contributed by atoms with E-state index in [1.165, 1.54) is 0 Å². The Morgan fingerprint density at radius 1 is 1.50 bits per heavy atom. The predicted molar refractivity (Wildman–Crippen MR) is 69.6 cm³/mol. The maximum Gasteiger partial charge on any atom is 0.160 e. The van der Waals surface area contributed by atoms with Gasteiger partial charge in [0.15, 0.2) is 5.76 Å². The summed E-state index contributed by atoms with van der Waals surface area (Å²) in [7, 11) is 0. The summed E-state index contributed by atoms with van der Waals surface area (Å²) in [5.41, 5.74) is 1.89. The van der Waals surface area contributed by atoms with Gasteiger partial charge in [0.1, 0.15) is 0 Å². The molecule has 0 fully saturated rings. The standard InChI is InChI=1S/C13H16ClNO/c1-4-10(3)15-16-13(5-2)11-7-6-8-12(14)9-11/h5-9H,4H2,1-3H3/b13-5-,15-10+. The molecule has 2 nitrogen and oxygen atoms in total. The van der Waals surface area contributed by atoms with E-state index in [1.54, 1.807) is 0 Å². The van der Waals surface area contributed by atoms with E-state index in [1.807, 2.05) is 51.1 Å². The minimum absolute atomic E-state index is 0.691. The highest BCUT2D eigenvalue weighted by atomic mass is 35.5. The smallest absolute Gasteiger partial charge is 0.160 e. The molecular weight excluding hydrogens is 222 g/mol. The molecule has 0 atom stereocenters. The highest BCUT2D eigenvalue weighted by molar-refractivity contribution is 6.30. The van der Waals surface area contributed by atoms with Crippen molar-refractivity contribution in [2.45, 2.75) is 27.2 Å². The van der Waals surface area contributed by atoms with E-state index < -0.39 is 0 Å². The summed E-state index contributed by atoms with van der Waals surface area (Å²) in [6, 6.07) is 7.52. The van der Waals surface area contributed by atoms with Crippen molar-refractivity contribution in [1.29, 1.82) is 0 Å². The van der Waals surface area contributed by atoms with Crippen molar-refractivity contribution in [3.05, 3.63) is 40.9 Å². The molecule has 86 valence electrons. The highest BCUT2D eigenvalue weighted by Gasteiger charge is 2.02. The van der Waals surface area contributed by atoms with Gasteiger partial charge in [-0.15, -0.1) is 0 Å². The summed E-state index contributed by atoms with van der Waals surface area (Å²) in [6.45, 7) is 5.88. The molecule has 1 rings (SSSR count). The van der Waals surface area contributed by atoms with Crippen LogP contribution in [0.15, 0.2) is 35.5 Å². The van der Waals surface area contributed by atoms with Gasteiger partial charge in [-0.05, 0) is 38.5 Å². The van der Waals surface area contributed by atoms with E-state index in [4.69, 9.17) is 16.4 Å². The van der Waals surface area contributed by atoms with Crippen LogP contribution in [0.1, 0.15) is 32.8 Å². The Labute approximate surface area is 102 Å². The van der Waals surface area contributed by atoms with Crippen LogP contribution in [0, 0.1) is 0 Å². The Morgan fingerprint density at radius 3 is 2.81 bits per heavy atom. The minimum Gasteiger partial charge on any atom is -0.357 e. The fourth-order valence-electron chi connectivity index (χ4n) is 1.11. The van der Waals surface area contributed by atoms with Crippen LogP contribution in [0.3, 0.4) is 0 Å². The number of hydrogen-bond acceptors (Lipinski definition) is 2. The van der Waals surface area contributed by atoms with E-state index in [9.17, 15) is 0 Å². The summed E-state index contributed by atoms with van der Waals surface area (Å²) < 4.78 is 0. The summed E-state index contributed by atoms with van der Waals surface area (Å²) in [5.74, 6) is 0.718. The first-order chi connectivity index (χ1) is 7.67. The van der Waals surface area contributed by atoms with Gasteiger partial charge in [-0.25, -0.2) is 0 Å². The Hall–Kier alpha value is -1.28. The van der Waals surface area contributed by atoms with Crippen LogP contribution in [0.2, 0.25) is 5.02 Å². The molecule has 0 N–H and O–H groups in total. The van der Waals surface area contributed by atoms with E-state index in [0.29, 0.717) is 5.02 Å². The molecule has 1 aromatic carbocycles. The first-order valence-electron chi connectivity index (χ1n) is 5.30. The topological polar surface area (TPSA) is 21.6 Å². The van der Waals surface area contributed by atoms with Gasteiger partial charge in [-0.3, -0.25) is 0 Å². The first kappa shape index (κ1) is 12.8. The molecule has 0 spiro atoms. The number of rotatable bonds is 4. The predicted octanol–water partition coefficient (Wildman–Crippen LogP) is 4.50. The van der Waals surface area contributed by atoms with E-state index in [-0.39, 0.29) is 0 Å². The lowest BCUT2D eigenvalue weighted by atomic mass is 10.2. The van der Waals surface area contributed by atoms with Crippen LogP contribution >= 0.6 is 11.6 Å². The lowest BCUT2D eigenvalue weighted by molar-refractivity contribution is 0.296. The molecule has 0 saturated heterocycles. The SMILES string of the molecule is C/C=C(\O/N=C(\C)CC)c1cccc(Cl)c1. The largest absolute Gasteiger partial charge is 0.357 e. The Balaban J connectivity index is 2.84. The maximum absolute atomic E-state index is 5.92. The summed E-state index contributed by atoms with van der Waals surface area (Å²) in [4.78, 5) is 5.38. The fraction of sp³-hybridized carbons (Fsp3) is 0.308. The highest BCUT2D eigenvalue weighted by Crippen LogP contribution is 2.20. The van der Waals surface area contributed by atoms with Gasteiger partial charge in [0.05, 0.1) is 5.71 Å². The number of oxime groups is 1. The molecule has 0 aliphatic carbocycles. The van der Waals surface area contributed by atoms with Crippen molar-refractivity contribution in [1.82, 2.24) is 0 Å². The average Bonchev–Trinajstić information content (AvgIpc) is 2.29. The zero-order valence-corrected chi connectivity index (χ0v) is 10.6. The third-order valence-corrected chi connectivity index (χ3v) is 2.42. The number of nitrogens with zero attached hydrogens (tertiary/aromatic N) is 1. The molecule has 0 radical (unpaired) electrons. The molecule has 0 aliphatic heterocycles. The quantitative estimate of drug-likeness (QED) is 0.429. The van der Waals surface area contributed by atoms with Gasteiger partial charge >= 0.3 is 0 Å². The molecule has 0 bridgehead atoms. The van der Waals surface area contributed by atoms with Crippen LogP contribution in [0.5, 0.6) is 0 Å². The van der Waals surface area contributed by atoms with Gasteiger partial charge in [-0.1, -0.05) is 35.8 Å². The Kier molecular flexibility index (Phi) is 5.06. The summed E-state index contributed by atoms with van der Waals surface area (Å²) in [6.07, 6.45) is 2.75. The molecule has 0 saturated carbocycles.